The highest BCUT2D eigenvalue weighted by atomic mass is 16.4. The first-order valence-electron chi connectivity index (χ1n) is 6.86. The van der Waals surface area contributed by atoms with Crippen molar-refractivity contribution in [2.24, 2.45) is 5.92 Å². The molecule has 1 atom stereocenters. The second-order valence-corrected chi connectivity index (χ2v) is 5.35. The van der Waals surface area contributed by atoms with Crippen LogP contribution < -0.4 is 10.6 Å². The molecular formula is C15H20N2O3. The van der Waals surface area contributed by atoms with Gasteiger partial charge in [-0.1, -0.05) is 29.8 Å². The van der Waals surface area contributed by atoms with Gasteiger partial charge in [0.2, 0.25) is 0 Å². The van der Waals surface area contributed by atoms with E-state index >= 15 is 0 Å². The van der Waals surface area contributed by atoms with Gasteiger partial charge < -0.3 is 15.7 Å². The lowest BCUT2D eigenvalue weighted by Crippen LogP contribution is -2.43. The van der Waals surface area contributed by atoms with Crippen LogP contribution in [0.5, 0.6) is 0 Å². The molecule has 0 heterocycles. The van der Waals surface area contributed by atoms with Crippen LogP contribution in [0.2, 0.25) is 0 Å². The monoisotopic (exact) mass is 276 g/mol. The molecule has 0 spiro atoms. The number of aryl methyl sites for hydroxylation is 1. The molecule has 0 aliphatic heterocycles. The molecule has 0 aromatic heterocycles. The maximum atomic E-state index is 11.8. The van der Waals surface area contributed by atoms with E-state index in [2.05, 4.69) is 10.6 Å². The van der Waals surface area contributed by atoms with Crippen LogP contribution in [0.4, 0.5) is 4.79 Å². The van der Waals surface area contributed by atoms with Crippen LogP contribution in [-0.4, -0.2) is 23.1 Å². The van der Waals surface area contributed by atoms with Crippen molar-refractivity contribution in [3.63, 3.8) is 0 Å². The highest BCUT2D eigenvalue weighted by Crippen LogP contribution is 2.33. The summed E-state index contributed by atoms with van der Waals surface area (Å²) >= 11 is 0. The quantitative estimate of drug-likeness (QED) is 0.744. The first kappa shape index (κ1) is 14.4. The Balaban J connectivity index is 1.79. The summed E-state index contributed by atoms with van der Waals surface area (Å²) in [6.07, 6.45) is 1.98. The molecule has 1 aromatic rings. The molecule has 0 radical (unpaired) electrons. The van der Waals surface area contributed by atoms with Crippen molar-refractivity contribution in [2.75, 3.05) is 0 Å². The second kappa shape index (κ2) is 6.41. The summed E-state index contributed by atoms with van der Waals surface area (Å²) in [4.78, 5) is 22.6. The Morgan fingerprint density at radius 1 is 1.30 bits per heavy atom. The second-order valence-electron chi connectivity index (χ2n) is 5.35. The van der Waals surface area contributed by atoms with Gasteiger partial charge in [-0.05, 0) is 31.2 Å². The molecule has 0 saturated heterocycles. The predicted molar refractivity (Wildman–Crippen MR) is 75.3 cm³/mol. The molecule has 2 amide bonds. The highest BCUT2D eigenvalue weighted by molar-refractivity contribution is 5.75. The van der Waals surface area contributed by atoms with Crippen LogP contribution in [0.25, 0.3) is 0 Å². The van der Waals surface area contributed by atoms with Gasteiger partial charge in [0.25, 0.3) is 0 Å². The SMILES string of the molecule is Cc1ccc(CNC(=O)NC(CC(=O)O)C2CC2)cc1. The average molecular weight is 276 g/mol. The standard InChI is InChI=1S/C15H20N2O3/c1-10-2-4-11(5-3-10)9-16-15(20)17-13(8-14(18)19)12-6-7-12/h2-5,12-13H,6-9H2,1H3,(H,18,19)(H2,16,17,20). The maximum Gasteiger partial charge on any atom is 0.315 e. The fraction of sp³-hybridized carbons (Fsp3) is 0.467. The molecule has 5 heteroatoms. The fourth-order valence-corrected chi connectivity index (χ4v) is 2.13. The number of carboxylic acid groups (broad SMARTS) is 1. The number of carbonyl (C=O) groups excluding carboxylic acids is 1. The minimum atomic E-state index is -0.874. The lowest BCUT2D eigenvalue weighted by Gasteiger charge is -2.16. The summed E-state index contributed by atoms with van der Waals surface area (Å²) in [5, 5.41) is 14.4. The van der Waals surface area contributed by atoms with Crippen molar-refractivity contribution in [3.05, 3.63) is 35.4 Å². The summed E-state index contributed by atoms with van der Waals surface area (Å²) in [7, 11) is 0. The molecule has 20 heavy (non-hydrogen) atoms. The van der Waals surface area contributed by atoms with E-state index in [1.165, 1.54) is 5.56 Å². The number of hydrogen-bond donors (Lipinski definition) is 3. The Kier molecular flexibility index (Phi) is 4.61. The van der Waals surface area contributed by atoms with E-state index < -0.39 is 5.97 Å². The third-order valence-corrected chi connectivity index (χ3v) is 3.48. The van der Waals surface area contributed by atoms with Crippen LogP contribution >= 0.6 is 0 Å². The topological polar surface area (TPSA) is 78.4 Å². The first-order valence-corrected chi connectivity index (χ1v) is 6.86. The van der Waals surface area contributed by atoms with Gasteiger partial charge in [-0.25, -0.2) is 4.79 Å². The third kappa shape index (κ3) is 4.57. The molecule has 1 unspecified atom stereocenters. The zero-order valence-electron chi connectivity index (χ0n) is 11.6. The molecule has 1 aromatic carbocycles. The number of nitrogens with one attached hydrogen (secondary N) is 2. The minimum absolute atomic E-state index is 0.0113. The van der Waals surface area contributed by atoms with E-state index in [1.807, 2.05) is 31.2 Å². The lowest BCUT2D eigenvalue weighted by molar-refractivity contribution is -0.137. The molecule has 1 aliphatic rings. The molecule has 3 N–H and O–H groups in total. The zero-order chi connectivity index (χ0) is 14.5. The average Bonchev–Trinajstić information content (AvgIpc) is 3.21. The van der Waals surface area contributed by atoms with Crippen molar-refractivity contribution >= 4 is 12.0 Å². The fourth-order valence-electron chi connectivity index (χ4n) is 2.13. The van der Waals surface area contributed by atoms with Gasteiger partial charge in [-0.3, -0.25) is 4.79 Å². The van der Waals surface area contributed by atoms with Crippen molar-refractivity contribution in [3.8, 4) is 0 Å². The molecular weight excluding hydrogens is 256 g/mol. The van der Waals surface area contributed by atoms with Crippen LogP contribution in [0.15, 0.2) is 24.3 Å². The number of urea groups is 1. The number of amides is 2. The van der Waals surface area contributed by atoms with E-state index in [0.29, 0.717) is 12.5 Å². The lowest BCUT2D eigenvalue weighted by atomic mass is 10.1. The summed E-state index contributed by atoms with van der Waals surface area (Å²) < 4.78 is 0. The van der Waals surface area contributed by atoms with Gasteiger partial charge in [0.1, 0.15) is 0 Å². The van der Waals surface area contributed by atoms with Gasteiger partial charge in [-0.2, -0.15) is 0 Å². The van der Waals surface area contributed by atoms with Crippen molar-refractivity contribution < 1.29 is 14.7 Å². The zero-order valence-corrected chi connectivity index (χ0v) is 11.6. The number of hydrogen-bond acceptors (Lipinski definition) is 2. The van der Waals surface area contributed by atoms with Gasteiger partial charge in [0, 0.05) is 12.6 Å². The smallest absolute Gasteiger partial charge is 0.315 e. The molecule has 5 nitrogen and oxygen atoms in total. The first-order chi connectivity index (χ1) is 9.54. The number of rotatable bonds is 6. The van der Waals surface area contributed by atoms with Crippen molar-refractivity contribution in [1.29, 1.82) is 0 Å². The molecule has 1 saturated carbocycles. The van der Waals surface area contributed by atoms with Gasteiger partial charge >= 0.3 is 12.0 Å². The largest absolute Gasteiger partial charge is 0.481 e. The Morgan fingerprint density at radius 3 is 2.50 bits per heavy atom. The Morgan fingerprint density at radius 2 is 1.95 bits per heavy atom. The van der Waals surface area contributed by atoms with E-state index in [0.717, 1.165) is 18.4 Å². The number of carbonyl (C=O) groups is 2. The van der Waals surface area contributed by atoms with Crippen LogP contribution in [-0.2, 0) is 11.3 Å². The van der Waals surface area contributed by atoms with Crippen molar-refractivity contribution in [1.82, 2.24) is 10.6 Å². The van der Waals surface area contributed by atoms with E-state index in [1.54, 1.807) is 0 Å². The summed E-state index contributed by atoms with van der Waals surface area (Å²) in [6.45, 7) is 2.45. The molecule has 1 fully saturated rings. The Labute approximate surface area is 118 Å². The number of benzene rings is 1. The van der Waals surface area contributed by atoms with E-state index in [-0.39, 0.29) is 18.5 Å². The Bertz CT molecular complexity index is 480. The number of carboxylic acids is 1. The van der Waals surface area contributed by atoms with E-state index in [4.69, 9.17) is 5.11 Å². The summed E-state index contributed by atoms with van der Waals surface area (Å²) in [5.74, 6) is -0.558. The van der Waals surface area contributed by atoms with Crippen LogP contribution in [0.1, 0.15) is 30.4 Å². The minimum Gasteiger partial charge on any atom is -0.481 e. The van der Waals surface area contributed by atoms with E-state index in [9.17, 15) is 9.59 Å². The maximum absolute atomic E-state index is 11.8. The van der Waals surface area contributed by atoms with Crippen LogP contribution in [0, 0.1) is 12.8 Å². The highest BCUT2D eigenvalue weighted by Gasteiger charge is 2.33. The van der Waals surface area contributed by atoms with Crippen LogP contribution in [0.3, 0.4) is 0 Å². The summed E-state index contributed by atoms with van der Waals surface area (Å²) in [5.41, 5.74) is 2.19. The molecule has 1 aliphatic carbocycles. The summed E-state index contributed by atoms with van der Waals surface area (Å²) in [6, 6.07) is 7.35. The Hall–Kier alpha value is -2.04. The predicted octanol–water partition coefficient (Wildman–Crippen LogP) is 2.05. The normalized spacial score (nSPS) is 15.4. The molecule has 0 bridgehead atoms. The molecule has 2 rings (SSSR count). The van der Waals surface area contributed by atoms with Gasteiger partial charge in [0.05, 0.1) is 6.42 Å². The van der Waals surface area contributed by atoms with Gasteiger partial charge in [-0.15, -0.1) is 0 Å². The van der Waals surface area contributed by atoms with Gasteiger partial charge in [0.15, 0.2) is 0 Å². The molecule has 108 valence electrons. The van der Waals surface area contributed by atoms with Crippen molar-refractivity contribution in [2.45, 2.75) is 38.8 Å². The third-order valence-electron chi connectivity index (χ3n) is 3.48. The number of aliphatic carboxylic acids is 1.